The molecule has 0 saturated carbocycles. The van der Waals surface area contributed by atoms with Crippen LogP contribution in [0.1, 0.15) is 21.5 Å². The van der Waals surface area contributed by atoms with Gasteiger partial charge in [0.1, 0.15) is 11.4 Å². The molecule has 0 aromatic heterocycles. The maximum Gasteiger partial charge on any atom is 0.285 e. The zero-order valence-corrected chi connectivity index (χ0v) is 11.7. The molecule has 0 fully saturated rings. The van der Waals surface area contributed by atoms with Crippen LogP contribution >= 0.6 is 0 Å². The Balaban J connectivity index is 2.39. The Morgan fingerprint density at radius 2 is 2.09 bits per heavy atom. The Kier molecular flexibility index (Phi) is 4.47. The van der Waals surface area contributed by atoms with Gasteiger partial charge in [-0.3, -0.25) is 14.9 Å². The second kappa shape index (κ2) is 6.31. The highest BCUT2D eigenvalue weighted by Crippen LogP contribution is 2.25. The summed E-state index contributed by atoms with van der Waals surface area (Å²) in [5, 5.41) is 22.6. The van der Waals surface area contributed by atoms with E-state index in [1.54, 1.807) is 18.2 Å². The third-order valence-corrected chi connectivity index (χ3v) is 3.06. The average Bonchev–Trinajstić information content (AvgIpc) is 2.46. The van der Waals surface area contributed by atoms with E-state index in [4.69, 9.17) is 5.11 Å². The zero-order chi connectivity index (χ0) is 16.3. The largest absolute Gasteiger partial charge is 0.392 e. The summed E-state index contributed by atoms with van der Waals surface area (Å²) < 4.78 is 13.5. The highest BCUT2D eigenvalue weighted by atomic mass is 19.1. The van der Waals surface area contributed by atoms with Gasteiger partial charge in [0.25, 0.3) is 11.6 Å². The minimum absolute atomic E-state index is 0.0688. The lowest BCUT2D eigenvalue weighted by atomic mass is 10.1. The van der Waals surface area contributed by atoms with E-state index in [-0.39, 0.29) is 17.7 Å². The number of carbonyl (C=O) groups excluding carboxylic acids is 1. The van der Waals surface area contributed by atoms with Gasteiger partial charge in [-0.25, -0.2) is 4.39 Å². The number of nitrogens with zero attached hydrogens (tertiary/aromatic N) is 1. The molecule has 0 atom stereocenters. The molecule has 6 nitrogen and oxygen atoms in total. The predicted octanol–water partition coefficient (Wildman–Crippen LogP) is 2.79. The maximum atomic E-state index is 13.5. The highest BCUT2D eigenvalue weighted by molar-refractivity contribution is 6.07. The minimum Gasteiger partial charge on any atom is -0.392 e. The first-order valence-electron chi connectivity index (χ1n) is 6.38. The SMILES string of the molecule is Cc1cc(F)cc(C(=O)Nc2cccc(CO)c2)c1[N+](=O)[O-]. The number of nitro benzene ring substituents is 1. The van der Waals surface area contributed by atoms with Crippen molar-refractivity contribution in [2.75, 3.05) is 5.32 Å². The van der Waals surface area contributed by atoms with E-state index in [2.05, 4.69) is 5.32 Å². The summed E-state index contributed by atoms with van der Waals surface area (Å²) in [5.74, 6) is -1.51. The molecule has 2 aromatic rings. The number of hydrogen-bond donors (Lipinski definition) is 2. The Morgan fingerprint density at radius 3 is 2.73 bits per heavy atom. The number of nitrogens with one attached hydrogen (secondary N) is 1. The lowest BCUT2D eigenvalue weighted by molar-refractivity contribution is -0.385. The van der Waals surface area contributed by atoms with Gasteiger partial charge in [0, 0.05) is 11.3 Å². The van der Waals surface area contributed by atoms with E-state index in [0.717, 1.165) is 12.1 Å². The molecule has 0 heterocycles. The molecule has 0 aliphatic carbocycles. The number of benzene rings is 2. The molecule has 114 valence electrons. The van der Waals surface area contributed by atoms with E-state index in [9.17, 15) is 19.3 Å². The van der Waals surface area contributed by atoms with Crippen LogP contribution in [0, 0.1) is 22.9 Å². The second-order valence-corrected chi connectivity index (χ2v) is 4.69. The number of rotatable bonds is 4. The van der Waals surface area contributed by atoms with Crippen molar-refractivity contribution in [3.8, 4) is 0 Å². The zero-order valence-electron chi connectivity index (χ0n) is 11.7. The molecule has 0 aliphatic heterocycles. The minimum atomic E-state index is -0.788. The van der Waals surface area contributed by atoms with Crippen LogP contribution in [-0.2, 0) is 6.61 Å². The molecule has 0 unspecified atom stereocenters. The summed E-state index contributed by atoms with van der Waals surface area (Å²) in [5.41, 5.74) is 0.212. The summed E-state index contributed by atoms with van der Waals surface area (Å²) >= 11 is 0. The molecule has 0 aliphatic rings. The number of carbonyl (C=O) groups is 1. The smallest absolute Gasteiger partial charge is 0.285 e. The summed E-state index contributed by atoms with van der Waals surface area (Å²) in [6.45, 7) is 1.16. The van der Waals surface area contributed by atoms with Crippen LogP contribution in [0.5, 0.6) is 0 Å². The number of aliphatic hydroxyl groups excluding tert-OH is 1. The Labute approximate surface area is 125 Å². The van der Waals surface area contributed by atoms with Gasteiger partial charge in [0.15, 0.2) is 0 Å². The fourth-order valence-electron chi connectivity index (χ4n) is 2.10. The number of amides is 1. The van der Waals surface area contributed by atoms with Crippen LogP contribution in [-0.4, -0.2) is 15.9 Å². The van der Waals surface area contributed by atoms with E-state index in [1.807, 2.05) is 0 Å². The van der Waals surface area contributed by atoms with E-state index < -0.39 is 22.3 Å². The molecular weight excluding hydrogens is 291 g/mol. The summed E-state index contributed by atoms with van der Waals surface area (Å²) in [6, 6.07) is 8.19. The van der Waals surface area contributed by atoms with Gasteiger partial charge in [-0.05, 0) is 36.8 Å². The van der Waals surface area contributed by atoms with Crippen molar-refractivity contribution in [3.05, 3.63) is 69.0 Å². The second-order valence-electron chi connectivity index (χ2n) is 4.69. The molecule has 0 saturated heterocycles. The lowest BCUT2D eigenvalue weighted by Crippen LogP contribution is -2.15. The Bertz CT molecular complexity index is 746. The predicted molar refractivity (Wildman–Crippen MR) is 78.1 cm³/mol. The third-order valence-electron chi connectivity index (χ3n) is 3.06. The van der Waals surface area contributed by atoms with Crippen LogP contribution in [0.2, 0.25) is 0 Å². The van der Waals surface area contributed by atoms with Crippen molar-refractivity contribution in [2.45, 2.75) is 13.5 Å². The van der Waals surface area contributed by atoms with Crippen LogP contribution in [0.3, 0.4) is 0 Å². The molecule has 2 N–H and O–H groups in total. The normalized spacial score (nSPS) is 10.3. The molecule has 22 heavy (non-hydrogen) atoms. The van der Waals surface area contributed by atoms with E-state index >= 15 is 0 Å². The summed E-state index contributed by atoms with van der Waals surface area (Å²) in [7, 11) is 0. The number of nitro groups is 1. The van der Waals surface area contributed by atoms with Gasteiger partial charge in [-0.1, -0.05) is 12.1 Å². The average molecular weight is 304 g/mol. The molecule has 0 bridgehead atoms. The van der Waals surface area contributed by atoms with Gasteiger partial charge in [-0.2, -0.15) is 0 Å². The Hall–Kier alpha value is -2.80. The number of anilines is 1. The number of aliphatic hydroxyl groups is 1. The highest BCUT2D eigenvalue weighted by Gasteiger charge is 2.24. The fraction of sp³-hybridized carbons (Fsp3) is 0.133. The monoisotopic (exact) mass is 304 g/mol. The van der Waals surface area contributed by atoms with E-state index in [0.29, 0.717) is 11.3 Å². The molecule has 0 spiro atoms. The molecule has 2 aromatic carbocycles. The van der Waals surface area contributed by atoms with Crippen molar-refractivity contribution < 1.29 is 19.2 Å². The number of aryl methyl sites for hydroxylation is 1. The van der Waals surface area contributed by atoms with Crippen molar-refractivity contribution in [1.29, 1.82) is 0 Å². The van der Waals surface area contributed by atoms with Gasteiger partial charge < -0.3 is 10.4 Å². The van der Waals surface area contributed by atoms with Gasteiger partial charge >= 0.3 is 0 Å². The number of hydrogen-bond acceptors (Lipinski definition) is 4. The first-order chi connectivity index (χ1) is 10.4. The van der Waals surface area contributed by atoms with Crippen LogP contribution in [0.15, 0.2) is 36.4 Å². The van der Waals surface area contributed by atoms with Crippen LogP contribution in [0.4, 0.5) is 15.8 Å². The van der Waals surface area contributed by atoms with Gasteiger partial charge in [0.05, 0.1) is 11.5 Å². The van der Waals surface area contributed by atoms with E-state index in [1.165, 1.54) is 13.0 Å². The quantitative estimate of drug-likeness (QED) is 0.671. The molecule has 7 heteroatoms. The molecule has 0 radical (unpaired) electrons. The molecular formula is C15H13FN2O4. The fourth-order valence-corrected chi connectivity index (χ4v) is 2.10. The summed E-state index contributed by atoms with van der Waals surface area (Å²) in [6.07, 6.45) is 0. The van der Waals surface area contributed by atoms with Crippen LogP contribution < -0.4 is 5.32 Å². The van der Waals surface area contributed by atoms with Crippen molar-refractivity contribution in [2.24, 2.45) is 0 Å². The van der Waals surface area contributed by atoms with Crippen LogP contribution in [0.25, 0.3) is 0 Å². The van der Waals surface area contributed by atoms with Crippen molar-refractivity contribution in [1.82, 2.24) is 0 Å². The molecule has 1 amide bonds. The van der Waals surface area contributed by atoms with Crippen molar-refractivity contribution in [3.63, 3.8) is 0 Å². The van der Waals surface area contributed by atoms with Gasteiger partial charge in [-0.15, -0.1) is 0 Å². The first-order valence-corrected chi connectivity index (χ1v) is 6.38. The van der Waals surface area contributed by atoms with Crippen molar-refractivity contribution >= 4 is 17.3 Å². The third kappa shape index (κ3) is 3.26. The standard InChI is InChI=1S/C15H13FN2O4/c1-9-5-11(16)7-13(14(9)18(21)22)15(20)17-12-4-2-3-10(6-12)8-19/h2-7,19H,8H2,1H3,(H,17,20). The van der Waals surface area contributed by atoms with Gasteiger partial charge in [0.2, 0.25) is 0 Å². The summed E-state index contributed by atoms with van der Waals surface area (Å²) in [4.78, 5) is 22.6. The first kappa shape index (κ1) is 15.6. The Morgan fingerprint density at radius 1 is 1.36 bits per heavy atom. The lowest BCUT2D eigenvalue weighted by Gasteiger charge is -2.08. The molecule has 2 rings (SSSR count). The topological polar surface area (TPSA) is 92.5 Å². The maximum absolute atomic E-state index is 13.5. The number of halogens is 1.